The van der Waals surface area contributed by atoms with E-state index in [9.17, 15) is 4.79 Å². The van der Waals surface area contributed by atoms with E-state index in [0.717, 1.165) is 49.4 Å². The Morgan fingerprint density at radius 3 is 2.00 bits per heavy atom. The third kappa shape index (κ3) is 3.71. The summed E-state index contributed by atoms with van der Waals surface area (Å²) in [5.74, 6) is 4.09. The van der Waals surface area contributed by atoms with E-state index in [-0.39, 0.29) is 0 Å². The molecule has 0 N–H and O–H groups in total. The van der Waals surface area contributed by atoms with Crippen LogP contribution in [0.25, 0.3) is 0 Å². The van der Waals surface area contributed by atoms with Gasteiger partial charge in [0.1, 0.15) is 5.78 Å². The number of carbonyl (C=O) groups excluding carboxylic acids is 1. The molecule has 122 valence electrons. The van der Waals surface area contributed by atoms with Crippen molar-refractivity contribution in [2.45, 2.75) is 91.9 Å². The van der Waals surface area contributed by atoms with Crippen molar-refractivity contribution < 1.29 is 4.79 Å². The zero-order chi connectivity index (χ0) is 15.5. The first-order valence-corrected chi connectivity index (χ1v) is 9.52. The second-order valence-corrected chi connectivity index (χ2v) is 8.17. The van der Waals surface area contributed by atoms with Gasteiger partial charge in [-0.1, -0.05) is 40.5 Å². The smallest absolute Gasteiger partial charge is 0.132 e. The van der Waals surface area contributed by atoms with Gasteiger partial charge in [-0.2, -0.15) is 0 Å². The molecule has 0 radical (unpaired) electrons. The van der Waals surface area contributed by atoms with Crippen molar-refractivity contribution in [1.29, 1.82) is 0 Å². The molecular weight excluding hydrogens is 256 g/mol. The van der Waals surface area contributed by atoms with Gasteiger partial charge in [-0.25, -0.2) is 0 Å². The zero-order valence-electron chi connectivity index (χ0n) is 14.8. The first-order chi connectivity index (χ1) is 10.0. The first-order valence-electron chi connectivity index (χ1n) is 9.52. The number of Topliss-reactive ketones (excluding diaryl/α,β-unsaturated/α-hetero) is 1. The summed E-state index contributed by atoms with van der Waals surface area (Å²) in [7, 11) is 0. The molecule has 2 saturated carbocycles. The molecule has 1 heteroatoms. The van der Waals surface area contributed by atoms with Gasteiger partial charge in [-0.05, 0) is 67.6 Å². The summed E-state index contributed by atoms with van der Waals surface area (Å²) in [6.45, 7) is 9.71. The van der Waals surface area contributed by atoms with E-state index in [1.165, 1.54) is 38.5 Å². The Bertz CT molecular complexity index is 330. The van der Waals surface area contributed by atoms with Crippen LogP contribution in [0.15, 0.2) is 0 Å². The summed E-state index contributed by atoms with van der Waals surface area (Å²) in [5, 5.41) is 0. The van der Waals surface area contributed by atoms with Crippen molar-refractivity contribution in [2.75, 3.05) is 0 Å². The van der Waals surface area contributed by atoms with E-state index >= 15 is 0 Å². The molecule has 0 bridgehead atoms. The second kappa shape index (κ2) is 7.29. The van der Waals surface area contributed by atoms with Gasteiger partial charge in [0.25, 0.3) is 0 Å². The fourth-order valence-electron chi connectivity index (χ4n) is 5.19. The average molecular weight is 293 g/mol. The van der Waals surface area contributed by atoms with Crippen molar-refractivity contribution in [2.24, 2.45) is 29.1 Å². The molecule has 2 aliphatic rings. The molecule has 0 aromatic heterocycles. The standard InChI is InChI=1S/C20H36O/c1-5-15(3)16-7-9-17(10-8-16)20(4,6-2)18-11-13-19(21)14-12-18/h15-18H,5-14H2,1-4H3. The Morgan fingerprint density at radius 2 is 1.52 bits per heavy atom. The van der Waals surface area contributed by atoms with Crippen LogP contribution in [0.1, 0.15) is 91.9 Å². The van der Waals surface area contributed by atoms with Gasteiger partial charge < -0.3 is 0 Å². The van der Waals surface area contributed by atoms with E-state index in [1.54, 1.807) is 0 Å². The fraction of sp³-hybridized carbons (Fsp3) is 0.950. The Labute approximate surface area is 132 Å². The molecular formula is C20H36O. The Morgan fingerprint density at radius 1 is 1.00 bits per heavy atom. The monoisotopic (exact) mass is 292 g/mol. The SMILES string of the molecule is CCC(C)C1CCC(C(C)(CC)C2CCC(=O)CC2)CC1. The van der Waals surface area contributed by atoms with E-state index in [1.807, 2.05) is 0 Å². The Hall–Kier alpha value is -0.330. The summed E-state index contributed by atoms with van der Waals surface area (Å²) in [6.07, 6.45) is 12.4. The number of ketones is 1. The molecule has 2 rings (SSSR count). The largest absolute Gasteiger partial charge is 0.300 e. The molecule has 0 amide bonds. The molecule has 0 spiro atoms. The normalized spacial score (nSPS) is 32.7. The number of hydrogen-bond donors (Lipinski definition) is 0. The first kappa shape index (κ1) is 17.0. The van der Waals surface area contributed by atoms with Crippen LogP contribution < -0.4 is 0 Å². The molecule has 2 atom stereocenters. The maximum atomic E-state index is 11.6. The molecule has 1 nitrogen and oxygen atoms in total. The van der Waals surface area contributed by atoms with Gasteiger partial charge in [0.15, 0.2) is 0 Å². The van der Waals surface area contributed by atoms with Gasteiger partial charge in [0.2, 0.25) is 0 Å². The van der Waals surface area contributed by atoms with Crippen LogP contribution in [-0.2, 0) is 4.79 Å². The highest BCUT2D eigenvalue weighted by Gasteiger charge is 2.42. The predicted molar refractivity (Wildman–Crippen MR) is 90.3 cm³/mol. The minimum Gasteiger partial charge on any atom is -0.300 e. The van der Waals surface area contributed by atoms with Crippen LogP contribution in [0.5, 0.6) is 0 Å². The third-order valence-electron chi connectivity index (χ3n) is 7.39. The minimum atomic E-state index is 0.487. The molecule has 2 unspecified atom stereocenters. The van der Waals surface area contributed by atoms with E-state index in [2.05, 4.69) is 27.7 Å². The summed E-state index contributed by atoms with van der Waals surface area (Å²) >= 11 is 0. The van der Waals surface area contributed by atoms with E-state index in [0.29, 0.717) is 11.2 Å². The summed E-state index contributed by atoms with van der Waals surface area (Å²) in [6, 6.07) is 0. The number of carbonyl (C=O) groups is 1. The van der Waals surface area contributed by atoms with Gasteiger partial charge in [0, 0.05) is 12.8 Å². The maximum Gasteiger partial charge on any atom is 0.132 e. The van der Waals surface area contributed by atoms with Crippen LogP contribution in [0.4, 0.5) is 0 Å². The van der Waals surface area contributed by atoms with Gasteiger partial charge in [0.05, 0.1) is 0 Å². The molecule has 21 heavy (non-hydrogen) atoms. The zero-order valence-corrected chi connectivity index (χ0v) is 14.8. The lowest BCUT2D eigenvalue weighted by Gasteiger charge is -2.48. The maximum absolute atomic E-state index is 11.6. The highest BCUT2D eigenvalue weighted by molar-refractivity contribution is 5.79. The Balaban J connectivity index is 1.96. The lowest BCUT2D eigenvalue weighted by Crippen LogP contribution is -2.39. The van der Waals surface area contributed by atoms with Crippen LogP contribution in [-0.4, -0.2) is 5.78 Å². The molecule has 0 aromatic carbocycles. The summed E-state index contributed by atoms with van der Waals surface area (Å²) in [4.78, 5) is 11.6. The van der Waals surface area contributed by atoms with Crippen molar-refractivity contribution >= 4 is 5.78 Å². The van der Waals surface area contributed by atoms with Crippen molar-refractivity contribution in [1.82, 2.24) is 0 Å². The summed E-state index contributed by atoms with van der Waals surface area (Å²) in [5.41, 5.74) is 0.487. The van der Waals surface area contributed by atoms with E-state index in [4.69, 9.17) is 0 Å². The molecule has 0 saturated heterocycles. The van der Waals surface area contributed by atoms with E-state index < -0.39 is 0 Å². The number of hydrogen-bond acceptors (Lipinski definition) is 1. The van der Waals surface area contributed by atoms with Crippen molar-refractivity contribution in [3.63, 3.8) is 0 Å². The molecule has 0 heterocycles. The van der Waals surface area contributed by atoms with Gasteiger partial charge >= 0.3 is 0 Å². The van der Waals surface area contributed by atoms with Crippen LogP contribution in [0.3, 0.4) is 0 Å². The van der Waals surface area contributed by atoms with Gasteiger partial charge in [-0.15, -0.1) is 0 Å². The molecule has 0 aromatic rings. The molecule has 0 aliphatic heterocycles. The average Bonchev–Trinajstić information content (AvgIpc) is 2.54. The quantitative estimate of drug-likeness (QED) is 0.606. The molecule has 2 aliphatic carbocycles. The summed E-state index contributed by atoms with van der Waals surface area (Å²) < 4.78 is 0. The second-order valence-electron chi connectivity index (χ2n) is 8.17. The van der Waals surface area contributed by atoms with Crippen LogP contribution in [0, 0.1) is 29.1 Å². The molecule has 2 fully saturated rings. The predicted octanol–water partition coefficient (Wildman–Crippen LogP) is 6.01. The van der Waals surface area contributed by atoms with Crippen LogP contribution in [0.2, 0.25) is 0 Å². The lowest BCUT2D eigenvalue weighted by atomic mass is 9.57. The third-order valence-corrected chi connectivity index (χ3v) is 7.39. The minimum absolute atomic E-state index is 0.487. The fourth-order valence-corrected chi connectivity index (χ4v) is 5.19. The Kier molecular flexibility index (Phi) is 5.91. The highest BCUT2D eigenvalue weighted by atomic mass is 16.1. The topological polar surface area (TPSA) is 17.1 Å². The van der Waals surface area contributed by atoms with Crippen molar-refractivity contribution in [3.8, 4) is 0 Å². The van der Waals surface area contributed by atoms with Gasteiger partial charge in [-0.3, -0.25) is 4.79 Å². The number of rotatable bonds is 5. The highest BCUT2D eigenvalue weighted by Crippen LogP contribution is 2.51. The van der Waals surface area contributed by atoms with Crippen LogP contribution >= 0.6 is 0 Å². The van der Waals surface area contributed by atoms with Crippen molar-refractivity contribution in [3.05, 3.63) is 0 Å². The lowest BCUT2D eigenvalue weighted by molar-refractivity contribution is -0.122.